The van der Waals surface area contributed by atoms with Crippen LogP contribution >= 0.6 is 11.6 Å². The number of carbonyl (C=O) groups excluding carboxylic acids is 1. The van der Waals surface area contributed by atoms with Crippen molar-refractivity contribution in [2.75, 3.05) is 24.0 Å². The number of pyridine rings is 1. The maximum Gasteiger partial charge on any atom is 0.242 e. The molecule has 0 unspecified atom stereocenters. The molecule has 1 atom stereocenters. The van der Waals surface area contributed by atoms with Crippen LogP contribution in [0.1, 0.15) is 16.7 Å². The number of nitrogens with zero attached hydrogens (tertiary/aromatic N) is 2. The van der Waals surface area contributed by atoms with Gasteiger partial charge in [0.1, 0.15) is 24.0 Å². The molecule has 0 saturated carbocycles. The van der Waals surface area contributed by atoms with Crippen molar-refractivity contribution in [3.8, 4) is 5.88 Å². The van der Waals surface area contributed by atoms with Crippen molar-refractivity contribution in [2.45, 2.75) is 19.1 Å². The second kappa shape index (κ2) is 9.90. The van der Waals surface area contributed by atoms with Gasteiger partial charge in [0.2, 0.25) is 11.8 Å². The van der Waals surface area contributed by atoms with Crippen LogP contribution in [0.25, 0.3) is 0 Å². The molecule has 3 aromatic rings. The smallest absolute Gasteiger partial charge is 0.242 e. The number of anilines is 1. The molecule has 7 heteroatoms. The third kappa shape index (κ3) is 5.21. The Morgan fingerprint density at radius 1 is 1.13 bits per heavy atom. The van der Waals surface area contributed by atoms with Crippen molar-refractivity contribution in [1.82, 2.24) is 4.98 Å². The first-order valence-corrected chi connectivity index (χ1v) is 10.5. The predicted octanol–water partition coefficient (Wildman–Crippen LogP) is 4.36. The topological polar surface area (TPSA) is 51.7 Å². The third-order valence-corrected chi connectivity index (χ3v) is 5.28. The molecule has 160 valence electrons. The van der Waals surface area contributed by atoms with Crippen LogP contribution in [0, 0.1) is 5.82 Å². The Labute approximate surface area is 185 Å². The molecular formula is C24H22ClFN2O3. The second-order valence-electron chi connectivity index (χ2n) is 7.33. The summed E-state index contributed by atoms with van der Waals surface area (Å²) in [5.41, 5.74) is 3.45. The SMILES string of the molecule is O=C(CCl)N1c2cc(Cc3ccc(F)cc3)cnc2OC[C@@H]1COCc1ccccc1. The van der Waals surface area contributed by atoms with E-state index in [9.17, 15) is 9.18 Å². The van der Waals surface area contributed by atoms with Crippen LogP contribution in [0.2, 0.25) is 0 Å². The number of aromatic nitrogens is 1. The normalized spacial score (nSPS) is 15.3. The molecule has 1 aliphatic rings. The molecule has 0 N–H and O–H groups in total. The Bertz CT molecular complexity index is 1030. The van der Waals surface area contributed by atoms with Crippen molar-refractivity contribution in [1.29, 1.82) is 0 Å². The van der Waals surface area contributed by atoms with E-state index in [0.717, 1.165) is 16.7 Å². The largest absolute Gasteiger partial charge is 0.474 e. The maximum absolute atomic E-state index is 13.2. The Hall–Kier alpha value is -2.96. The summed E-state index contributed by atoms with van der Waals surface area (Å²) in [6, 6.07) is 17.7. The molecule has 2 heterocycles. The van der Waals surface area contributed by atoms with Gasteiger partial charge in [0, 0.05) is 6.20 Å². The van der Waals surface area contributed by atoms with E-state index >= 15 is 0 Å². The van der Waals surface area contributed by atoms with Crippen molar-refractivity contribution in [3.05, 3.63) is 89.4 Å². The van der Waals surface area contributed by atoms with Gasteiger partial charge in [0.05, 0.1) is 19.3 Å². The summed E-state index contributed by atoms with van der Waals surface area (Å²) in [5, 5.41) is 0. The molecule has 1 aromatic heterocycles. The lowest BCUT2D eigenvalue weighted by molar-refractivity contribution is -0.117. The van der Waals surface area contributed by atoms with Gasteiger partial charge in [0.25, 0.3) is 0 Å². The minimum atomic E-state index is -0.315. The summed E-state index contributed by atoms with van der Waals surface area (Å²) in [4.78, 5) is 18.7. The molecule has 0 radical (unpaired) electrons. The summed E-state index contributed by atoms with van der Waals surface area (Å²) in [6.07, 6.45) is 2.26. The minimum Gasteiger partial charge on any atom is -0.474 e. The highest BCUT2D eigenvalue weighted by Gasteiger charge is 2.33. The van der Waals surface area contributed by atoms with E-state index in [-0.39, 0.29) is 30.3 Å². The van der Waals surface area contributed by atoms with Gasteiger partial charge in [-0.1, -0.05) is 42.5 Å². The molecular weight excluding hydrogens is 419 g/mol. The number of halogens is 2. The fourth-order valence-electron chi connectivity index (χ4n) is 3.56. The Morgan fingerprint density at radius 3 is 2.65 bits per heavy atom. The molecule has 0 saturated heterocycles. The Balaban J connectivity index is 1.52. The molecule has 5 nitrogen and oxygen atoms in total. The number of rotatable bonds is 7. The van der Waals surface area contributed by atoms with Crippen molar-refractivity contribution < 1.29 is 18.7 Å². The molecule has 4 rings (SSSR count). The number of hydrogen-bond donors (Lipinski definition) is 0. The van der Waals surface area contributed by atoms with Crippen LogP contribution < -0.4 is 9.64 Å². The standard InChI is InChI=1S/C24H22ClFN2O3/c25-12-23(29)28-21(15-30-14-18-4-2-1-3-5-18)16-31-24-22(28)11-19(13-27-24)10-17-6-8-20(26)9-7-17/h1-9,11,13,21H,10,12,14-16H2/t21-/m0/s1. The van der Waals surface area contributed by atoms with Gasteiger partial charge in [0.15, 0.2) is 0 Å². The Kier molecular flexibility index (Phi) is 6.79. The number of fused-ring (bicyclic) bond motifs is 1. The molecule has 31 heavy (non-hydrogen) atoms. The lowest BCUT2D eigenvalue weighted by atomic mass is 10.1. The van der Waals surface area contributed by atoms with E-state index in [4.69, 9.17) is 21.1 Å². The summed E-state index contributed by atoms with van der Waals surface area (Å²) in [5.74, 6) is -0.282. The van der Waals surface area contributed by atoms with Crippen LogP contribution in [0.4, 0.5) is 10.1 Å². The maximum atomic E-state index is 13.2. The minimum absolute atomic E-state index is 0.156. The molecule has 0 bridgehead atoms. The average Bonchev–Trinajstić information content (AvgIpc) is 2.80. The number of benzene rings is 2. The monoisotopic (exact) mass is 440 g/mol. The van der Waals surface area contributed by atoms with E-state index in [1.807, 2.05) is 36.4 Å². The van der Waals surface area contributed by atoms with Crippen molar-refractivity contribution in [3.63, 3.8) is 0 Å². The number of ether oxygens (including phenoxy) is 2. The quantitative estimate of drug-likeness (QED) is 0.512. The molecule has 0 spiro atoms. The van der Waals surface area contributed by atoms with E-state index in [1.54, 1.807) is 23.2 Å². The van der Waals surface area contributed by atoms with Crippen molar-refractivity contribution >= 4 is 23.2 Å². The highest BCUT2D eigenvalue weighted by molar-refractivity contribution is 6.29. The number of amides is 1. The van der Waals surface area contributed by atoms with Crippen LogP contribution in [0.15, 0.2) is 66.9 Å². The van der Waals surface area contributed by atoms with Gasteiger partial charge in [-0.05, 0) is 41.3 Å². The van der Waals surface area contributed by atoms with Gasteiger partial charge < -0.3 is 9.47 Å². The summed E-state index contributed by atoms with van der Waals surface area (Å²) in [7, 11) is 0. The zero-order chi connectivity index (χ0) is 21.6. The second-order valence-corrected chi connectivity index (χ2v) is 7.60. The van der Waals surface area contributed by atoms with E-state index in [0.29, 0.717) is 31.2 Å². The highest BCUT2D eigenvalue weighted by atomic mass is 35.5. The molecule has 0 fully saturated rings. The lowest BCUT2D eigenvalue weighted by Crippen LogP contribution is -2.50. The van der Waals surface area contributed by atoms with Crippen LogP contribution in [0.3, 0.4) is 0 Å². The van der Waals surface area contributed by atoms with Gasteiger partial charge in [-0.3, -0.25) is 9.69 Å². The first-order chi connectivity index (χ1) is 15.1. The summed E-state index contributed by atoms with van der Waals surface area (Å²) in [6.45, 7) is 1.02. The molecule has 0 aliphatic carbocycles. The number of carbonyl (C=O) groups is 1. The zero-order valence-corrected chi connectivity index (χ0v) is 17.6. The first kappa shape index (κ1) is 21.3. The van der Waals surface area contributed by atoms with Gasteiger partial charge in [-0.25, -0.2) is 9.37 Å². The van der Waals surface area contributed by atoms with Gasteiger partial charge in [-0.15, -0.1) is 11.6 Å². The van der Waals surface area contributed by atoms with Crippen LogP contribution in [-0.4, -0.2) is 36.0 Å². The molecule has 1 amide bonds. The van der Waals surface area contributed by atoms with E-state index < -0.39 is 0 Å². The average molecular weight is 441 g/mol. The summed E-state index contributed by atoms with van der Waals surface area (Å²) >= 11 is 5.90. The highest BCUT2D eigenvalue weighted by Crippen LogP contribution is 2.34. The van der Waals surface area contributed by atoms with Gasteiger partial charge in [-0.2, -0.15) is 0 Å². The van der Waals surface area contributed by atoms with Gasteiger partial charge >= 0.3 is 0 Å². The first-order valence-electron chi connectivity index (χ1n) is 10.00. The number of alkyl halides is 1. The van der Waals surface area contributed by atoms with Crippen molar-refractivity contribution in [2.24, 2.45) is 0 Å². The third-order valence-electron chi connectivity index (χ3n) is 5.05. The van der Waals surface area contributed by atoms with Crippen LogP contribution in [0.5, 0.6) is 5.88 Å². The molecule has 1 aliphatic heterocycles. The summed E-state index contributed by atoms with van der Waals surface area (Å²) < 4.78 is 24.9. The number of hydrogen-bond acceptors (Lipinski definition) is 4. The zero-order valence-electron chi connectivity index (χ0n) is 16.8. The van der Waals surface area contributed by atoms with Crippen LogP contribution in [-0.2, 0) is 22.6 Å². The predicted molar refractivity (Wildman–Crippen MR) is 117 cm³/mol. The fourth-order valence-corrected chi connectivity index (χ4v) is 3.69. The lowest BCUT2D eigenvalue weighted by Gasteiger charge is -2.36. The Morgan fingerprint density at radius 2 is 1.90 bits per heavy atom. The molecule has 2 aromatic carbocycles. The fraction of sp³-hybridized carbons (Fsp3) is 0.250. The van der Waals surface area contributed by atoms with E-state index in [1.165, 1.54) is 12.1 Å². The van der Waals surface area contributed by atoms with E-state index in [2.05, 4.69) is 4.98 Å².